The standard InChI is InChI=1S/C14H12Cl2FN/c1-18-8-9-2-3-10(15)6-13(9)12-5-4-11(16)7-14(12)17/h2-7,18H,8H2,1H3. The number of rotatable bonds is 3. The van der Waals surface area contributed by atoms with Crippen LogP contribution in [0.25, 0.3) is 11.1 Å². The maximum atomic E-state index is 13.9. The van der Waals surface area contributed by atoms with Gasteiger partial charge in [-0.15, -0.1) is 0 Å². The highest BCUT2D eigenvalue weighted by Gasteiger charge is 2.10. The highest BCUT2D eigenvalue weighted by atomic mass is 35.5. The van der Waals surface area contributed by atoms with Crippen molar-refractivity contribution in [2.45, 2.75) is 6.54 Å². The molecule has 0 spiro atoms. The molecule has 0 atom stereocenters. The summed E-state index contributed by atoms with van der Waals surface area (Å²) in [7, 11) is 1.84. The summed E-state index contributed by atoms with van der Waals surface area (Å²) in [5.41, 5.74) is 2.28. The first kappa shape index (κ1) is 13.3. The number of hydrogen-bond donors (Lipinski definition) is 1. The first-order valence-electron chi connectivity index (χ1n) is 5.50. The fourth-order valence-electron chi connectivity index (χ4n) is 1.85. The van der Waals surface area contributed by atoms with Crippen molar-refractivity contribution in [3.8, 4) is 11.1 Å². The van der Waals surface area contributed by atoms with E-state index in [0.717, 1.165) is 11.1 Å². The molecule has 0 aliphatic carbocycles. The molecule has 2 aromatic carbocycles. The molecule has 1 N–H and O–H groups in total. The van der Waals surface area contributed by atoms with Crippen LogP contribution in [0.4, 0.5) is 4.39 Å². The van der Waals surface area contributed by atoms with Crippen molar-refractivity contribution in [3.05, 3.63) is 57.8 Å². The van der Waals surface area contributed by atoms with Gasteiger partial charge in [0, 0.05) is 22.2 Å². The minimum atomic E-state index is -0.345. The lowest BCUT2D eigenvalue weighted by atomic mass is 9.99. The fraction of sp³-hybridized carbons (Fsp3) is 0.143. The van der Waals surface area contributed by atoms with Crippen molar-refractivity contribution >= 4 is 23.2 Å². The highest BCUT2D eigenvalue weighted by molar-refractivity contribution is 6.31. The Morgan fingerprint density at radius 1 is 1.00 bits per heavy atom. The maximum absolute atomic E-state index is 13.9. The summed E-state index contributed by atoms with van der Waals surface area (Å²) >= 11 is 11.7. The van der Waals surface area contributed by atoms with E-state index in [2.05, 4.69) is 5.32 Å². The molecule has 0 saturated carbocycles. The topological polar surface area (TPSA) is 12.0 Å². The number of nitrogens with one attached hydrogen (secondary N) is 1. The molecule has 2 rings (SSSR count). The van der Waals surface area contributed by atoms with Crippen molar-refractivity contribution in [3.63, 3.8) is 0 Å². The summed E-state index contributed by atoms with van der Waals surface area (Å²) in [6, 6.07) is 10.1. The van der Waals surface area contributed by atoms with Gasteiger partial charge in [-0.3, -0.25) is 0 Å². The van der Waals surface area contributed by atoms with Gasteiger partial charge in [-0.1, -0.05) is 29.3 Å². The quantitative estimate of drug-likeness (QED) is 0.873. The molecule has 0 aliphatic heterocycles. The molecule has 0 heterocycles. The van der Waals surface area contributed by atoms with Crippen molar-refractivity contribution < 1.29 is 4.39 Å². The molecule has 0 amide bonds. The third kappa shape index (κ3) is 2.83. The molecule has 0 unspecified atom stereocenters. The van der Waals surface area contributed by atoms with Gasteiger partial charge in [0.05, 0.1) is 0 Å². The molecule has 0 fully saturated rings. The molecule has 0 aromatic heterocycles. The van der Waals surface area contributed by atoms with Crippen LogP contribution in [0.3, 0.4) is 0 Å². The molecule has 0 bridgehead atoms. The Hall–Kier alpha value is -1.09. The zero-order valence-electron chi connectivity index (χ0n) is 9.81. The zero-order chi connectivity index (χ0) is 13.1. The summed E-state index contributed by atoms with van der Waals surface area (Å²) in [6.45, 7) is 0.647. The van der Waals surface area contributed by atoms with Crippen LogP contribution < -0.4 is 5.32 Å². The lowest BCUT2D eigenvalue weighted by molar-refractivity contribution is 0.631. The van der Waals surface area contributed by atoms with E-state index in [-0.39, 0.29) is 5.82 Å². The van der Waals surface area contributed by atoms with E-state index in [0.29, 0.717) is 22.2 Å². The second-order valence-electron chi connectivity index (χ2n) is 3.96. The highest BCUT2D eigenvalue weighted by Crippen LogP contribution is 2.30. The van der Waals surface area contributed by atoms with Gasteiger partial charge in [0.25, 0.3) is 0 Å². The van der Waals surface area contributed by atoms with Gasteiger partial charge in [-0.05, 0) is 48.5 Å². The van der Waals surface area contributed by atoms with Crippen LogP contribution in [-0.4, -0.2) is 7.05 Å². The number of halogens is 3. The average Bonchev–Trinajstić information content (AvgIpc) is 2.32. The maximum Gasteiger partial charge on any atom is 0.132 e. The van der Waals surface area contributed by atoms with Crippen LogP contribution in [0.15, 0.2) is 36.4 Å². The SMILES string of the molecule is CNCc1ccc(Cl)cc1-c1ccc(Cl)cc1F. The minimum Gasteiger partial charge on any atom is -0.316 e. The fourth-order valence-corrected chi connectivity index (χ4v) is 2.18. The third-order valence-electron chi connectivity index (χ3n) is 2.66. The normalized spacial score (nSPS) is 10.7. The summed E-state index contributed by atoms with van der Waals surface area (Å²) in [4.78, 5) is 0. The molecule has 94 valence electrons. The Bertz CT molecular complexity index is 570. The van der Waals surface area contributed by atoms with Crippen LogP contribution >= 0.6 is 23.2 Å². The molecular weight excluding hydrogens is 272 g/mol. The van der Waals surface area contributed by atoms with Crippen LogP contribution in [-0.2, 0) is 6.54 Å². The van der Waals surface area contributed by atoms with Gasteiger partial charge in [-0.25, -0.2) is 4.39 Å². The van der Waals surface area contributed by atoms with E-state index in [1.54, 1.807) is 24.3 Å². The van der Waals surface area contributed by atoms with Gasteiger partial charge in [0.1, 0.15) is 5.82 Å². The molecule has 2 aromatic rings. The monoisotopic (exact) mass is 283 g/mol. The molecule has 1 nitrogen and oxygen atoms in total. The minimum absolute atomic E-state index is 0.345. The Kier molecular flexibility index (Phi) is 4.23. The summed E-state index contributed by atoms with van der Waals surface area (Å²) in [6.07, 6.45) is 0. The van der Waals surface area contributed by atoms with E-state index in [4.69, 9.17) is 23.2 Å². The second-order valence-corrected chi connectivity index (χ2v) is 4.83. The summed E-state index contributed by atoms with van der Waals surface area (Å²) < 4.78 is 13.9. The van der Waals surface area contributed by atoms with Crippen molar-refractivity contribution in [2.75, 3.05) is 7.05 Å². The summed E-state index contributed by atoms with van der Waals surface area (Å²) in [5.74, 6) is -0.345. The molecular formula is C14H12Cl2FN. The largest absolute Gasteiger partial charge is 0.316 e. The van der Waals surface area contributed by atoms with Crippen molar-refractivity contribution in [1.82, 2.24) is 5.32 Å². The lowest BCUT2D eigenvalue weighted by Crippen LogP contribution is -2.06. The zero-order valence-corrected chi connectivity index (χ0v) is 11.3. The van der Waals surface area contributed by atoms with Crippen molar-refractivity contribution in [2.24, 2.45) is 0 Å². The number of benzene rings is 2. The molecule has 0 aliphatic rings. The van der Waals surface area contributed by atoms with E-state index in [1.165, 1.54) is 6.07 Å². The van der Waals surface area contributed by atoms with Gasteiger partial charge < -0.3 is 5.32 Å². The molecule has 18 heavy (non-hydrogen) atoms. The van der Waals surface area contributed by atoms with Crippen LogP contribution in [0, 0.1) is 5.82 Å². The molecule has 0 radical (unpaired) electrons. The lowest BCUT2D eigenvalue weighted by Gasteiger charge is -2.11. The van der Waals surface area contributed by atoms with Gasteiger partial charge in [-0.2, -0.15) is 0 Å². The van der Waals surface area contributed by atoms with Crippen LogP contribution in [0.2, 0.25) is 10.0 Å². The molecule has 0 saturated heterocycles. The predicted molar refractivity (Wildman–Crippen MR) is 74.6 cm³/mol. The van der Waals surface area contributed by atoms with Crippen LogP contribution in [0.1, 0.15) is 5.56 Å². The van der Waals surface area contributed by atoms with Crippen LogP contribution in [0.5, 0.6) is 0 Å². The Labute approximate surface area is 116 Å². The van der Waals surface area contributed by atoms with E-state index < -0.39 is 0 Å². The second kappa shape index (κ2) is 5.70. The first-order valence-corrected chi connectivity index (χ1v) is 6.26. The van der Waals surface area contributed by atoms with E-state index in [1.807, 2.05) is 13.1 Å². The smallest absolute Gasteiger partial charge is 0.132 e. The Morgan fingerprint density at radius 2 is 1.67 bits per heavy atom. The van der Waals surface area contributed by atoms with Gasteiger partial charge >= 0.3 is 0 Å². The predicted octanol–water partition coefficient (Wildman–Crippen LogP) is 4.52. The molecule has 4 heteroatoms. The van der Waals surface area contributed by atoms with E-state index >= 15 is 0 Å². The third-order valence-corrected chi connectivity index (χ3v) is 3.13. The Morgan fingerprint density at radius 3 is 2.33 bits per heavy atom. The van der Waals surface area contributed by atoms with Gasteiger partial charge in [0.2, 0.25) is 0 Å². The van der Waals surface area contributed by atoms with Crippen molar-refractivity contribution in [1.29, 1.82) is 0 Å². The first-order chi connectivity index (χ1) is 8.61. The van der Waals surface area contributed by atoms with E-state index in [9.17, 15) is 4.39 Å². The van der Waals surface area contributed by atoms with Gasteiger partial charge in [0.15, 0.2) is 0 Å². The Balaban J connectivity index is 2.57. The average molecular weight is 284 g/mol. The number of hydrogen-bond acceptors (Lipinski definition) is 1. The summed E-state index contributed by atoms with van der Waals surface area (Å²) in [5, 5.41) is 4.02.